The predicted molar refractivity (Wildman–Crippen MR) is 75.5 cm³/mol. The number of likely N-dealkylation sites (N-methyl/N-ethyl adjacent to an activating group) is 1. The van der Waals surface area contributed by atoms with Crippen LogP contribution in [-0.4, -0.2) is 38.1 Å². The Kier molecular flexibility index (Phi) is 6.23. The van der Waals surface area contributed by atoms with Crippen molar-refractivity contribution in [2.75, 3.05) is 27.2 Å². The summed E-state index contributed by atoms with van der Waals surface area (Å²) < 4.78 is 0. The summed E-state index contributed by atoms with van der Waals surface area (Å²) in [5, 5.41) is 3.63. The molecular weight excluding hydrogens is 208 g/mol. The van der Waals surface area contributed by atoms with Crippen molar-refractivity contribution in [3.63, 3.8) is 0 Å². The zero-order valence-electron chi connectivity index (χ0n) is 11.7. The first-order chi connectivity index (χ1) is 8.11. The van der Waals surface area contributed by atoms with E-state index in [9.17, 15) is 0 Å². The van der Waals surface area contributed by atoms with Gasteiger partial charge in [0.15, 0.2) is 0 Å². The van der Waals surface area contributed by atoms with E-state index in [2.05, 4.69) is 62.4 Å². The lowest BCUT2D eigenvalue weighted by Gasteiger charge is -2.22. The molecule has 1 aromatic carbocycles. The van der Waals surface area contributed by atoms with Crippen LogP contribution in [0.15, 0.2) is 24.3 Å². The summed E-state index contributed by atoms with van der Waals surface area (Å²) in [5.41, 5.74) is 2.78. The molecule has 0 aliphatic carbocycles. The van der Waals surface area contributed by atoms with Crippen molar-refractivity contribution in [1.82, 2.24) is 10.2 Å². The van der Waals surface area contributed by atoms with E-state index in [1.54, 1.807) is 0 Å². The van der Waals surface area contributed by atoms with Gasteiger partial charge >= 0.3 is 0 Å². The first-order valence-electron chi connectivity index (χ1n) is 6.55. The van der Waals surface area contributed by atoms with Gasteiger partial charge in [0.05, 0.1) is 0 Å². The Hall–Kier alpha value is -0.860. The molecule has 1 rings (SSSR count). The first kappa shape index (κ1) is 14.2. The fourth-order valence-electron chi connectivity index (χ4n) is 2.11. The van der Waals surface area contributed by atoms with E-state index in [-0.39, 0.29) is 0 Å². The van der Waals surface area contributed by atoms with Crippen molar-refractivity contribution in [2.45, 2.75) is 32.7 Å². The molecule has 17 heavy (non-hydrogen) atoms. The van der Waals surface area contributed by atoms with Crippen molar-refractivity contribution in [3.8, 4) is 0 Å². The van der Waals surface area contributed by atoms with E-state index in [1.165, 1.54) is 17.5 Å². The van der Waals surface area contributed by atoms with Gasteiger partial charge in [0.1, 0.15) is 0 Å². The lowest BCUT2D eigenvalue weighted by Crippen LogP contribution is -2.40. The number of nitrogens with zero attached hydrogens (tertiary/aromatic N) is 1. The van der Waals surface area contributed by atoms with Crippen molar-refractivity contribution in [2.24, 2.45) is 0 Å². The van der Waals surface area contributed by atoms with Gasteiger partial charge in [0, 0.05) is 12.6 Å². The van der Waals surface area contributed by atoms with E-state index in [1.807, 2.05) is 0 Å². The number of rotatable bonds is 7. The topological polar surface area (TPSA) is 15.3 Å². The molecule has 1 unspecified atom stereocenters. The minimum atomic E-state index is 0.548. The molecule has 1 N–H and O–H groups in total. The van der Waals surface area contributed by atoms with Crippen LogP contribution in [0.5, 0.6) is 0 Å². The molecule has 0 amide bonds. The molecule has 96 valence electrons. The van der Waals surface area contributed by atoms with E-state index in [0.29, 0.717) is 6.04 Å². The standard InChI is InChI=1S/C15H26N2/c1-5-9-16-15(12-17(3)4)11-14-8-6-7-13(2)10-14/h6-8,10,15-16H,5,9,11-12H2,1-4H3. The Bertz CT molecular complexity index is 320. The Labute approximate surface area is 106 Å². The first-order valence-corrected chi connectivity index (χ1v) is 6.55. The second-order valence-electron chi connectivity index (χ2n) is 5.11. The van der Waals surface area contributed by atoms with Crippen molar-refractivity contribution in [3.05, 3.63) is 35.4 Å². The summed E-state index contributed by atoms with van der Waals surface area (Å²) in [7, 11) is 4.27. The highest BCUT2D eigenvalue weighted by Gasteiger charge is 2.09. The summed E-state index contributed by atoms with van der Waals surface area (Å²) in [6, 6.07) is 9.37. The van der Waals surface area contributed by atoms with Crippen LogP contribution in [0.25, 0.3) is 0 Å². The predicted octanol–water partition coefficient (Wildman–Crippen LogP) is 2.47. The van der Waals surface area contributed by atoms with Gasteiger partial charge in [-0.1, -0.05) is 36.8 Å². The Morgan fingerprint density at radius 3 is 2.65 bits per heavy atom. The smallest absolute Gasteiger partial charge is 0.0235 e. The maximum atomic E-state index is 3.63. The van der Waals surface area contributed by atoms with Crippen LogP contribution in [0.3, 0.4) is 0 Å². The van der Waals surface area contributed by atoms with E-state index in [0.717, 1.165) is 19.5 Å². The molecule has 2 nitrogen and oxygen atoms in total. The van der Waals surface area contributed by atoms with Crippen molar-refractivity contribution >= 4 is 0 Å². The molecule has 0 saturated heterocycles. The van der Waals surface area contributed by atoms with Gasteiger partial charge in [-0.2, -0.15) is 0 Å². The molecule has 0 radical (unpaired) electrons. The monoisotopic (exact) mass is 234 g/mol. The number of aryl methyl sites for hydroxylation is 1. The number of nitrogens with one attached hydrogen (secondary N) is 1. The molecule has 0 aliphatic rings. The molecule has 2 heteroatoms. The van der Waals surface area contributed by atoms with Crippen LogP contribution in [0.2, 0.25) is 0 Å². The molecule has 0 aliphatic heterocycles. The van der Waals surface area contributed by atoms with Crippen LogP contribution in [0.4, 0.5) is 0 Å². The summed E-state index contributed by atoms with van der Waals surface area (Å²) in [6.45, 7) is 6.56. The van der Waals surface area contributed by atoms with Gasteiger partial charge in [-0.05, 0) is 46.0 Å². The van der Waals surface area contributed by atoms with Crippen LogP contribution in [-0.2, 0) is 6.42 Å². The fraction of sp³-hybridized carbons (Fsp3) is 0.600. The van der Waals surface area contributed by atoms with Crippen LogP contribution >= 0.6 is 0 Å². The lowest BCUT2D eigenvalue weighted by atomic mass is 10.0. The molecule has 0 saturated carbocycles. The Balaban J connectivity index is 2.58. The SMILES string of the molecule is CCCNC(Cc1cccc(C)c1)CN(C)C. The number of benzene rings is 1. The molecular formula is C15H26N2. The van der Waals surface area contributed by atoms with E-state index >= 15 is 0 Å². The van der Waals surface area contributed by atoms with Crippen LogP contribution in [0.1, 0.15) is 24.5 Å². The third kappa shape index (κ3) is 5.85. The average molecular weight is 234 g/mol. The molecule has 0 spiro atoms. The van der Waals surface area contributed by atoms with E-state index < -0.39 is 0 Å². The average Bonchev–Trinajstić information content (AvgIpc) is 2.25. The molecule has 1 atom stereocenters. The highest BCUT2D eigenvalue weighted by atomic mass is 15.1. The quantitative estimate of drug-likeness (QED) is 0.779. The fourth-order valence-corrected chi connectivity index (χ4v) is 2.11. The zero-order chi connectivity index (χ0) is 12.7. The largest absolute Gasteiger partial charge is 0.312 e. The molecule has 0 aromatic heterocycles. The molecule has 0 fully saturated rings. The van der Waals surface area contributed by atoms with Crippen molar-refractivity contribution in [1.29, 1.82) is 0 Å². The summed E-state index contributed by atoms with van der Waals surface area (Å²) >= 11 is 0. The van der Waals surface area contributed by atoms with Gasteiger partial charge in [0.2, 0.25) is 0 Å². The zero-order valence-corrected chi connectivity index (χ0v) is 11.7. The van der Waals surface area contributed by atoms with Crippen molar-refractivity contribution < 1.29 is 0 Å². The molecule has 1 aromatic rings. The summed E-state index contributed by atoms with van der Waals surface area (Å²) in [5.74, 6) is 0. The van der Waals surface area contributed by atoms with E-state index in [4.69, 9.17) is 0 Å². The highest BCUT2D eigenvalue weighted by Crippen LogP contribution is 2.07. The normalized spacial score (nSPS) is 13.0. The Morgan fingerprint density at radius 1 is 1.29 bits per heavy atom. The minimum absolute atomic E-state index is 0.548. The van der Waals surface area contributed by atoms with Crippen LogP contribution in [0, 0.1) is 6.92 Å². The number of hydrogen-bond donors (Lipinski definition) is 1. The lowest BCUT2D eigenvalue weighted by molar-refractivity contribution is 0.336. The summed E-state index contributed by atoms with van der Waals surface area (Å²) in [6.07, 6.45) is 2.30. The van der Waals surface area contributed by atoms with Gasteiger partial charge in [-0.15, -0.1) is 0 Å². The third-order valence-electron chi connectivity index (χ3n) is 2.83. The second-order valence-corrected chi connectivity index (χ2v) is 5.11. The Morgan fingerprint density at radius 2 is 2.06 bits per heavy atom. The highest BCUT2D eigenvalue weighted by molar-refractivity contribution is 5.23. The van der Waals surface area contributed by atoms with Crippen LogP contribution < -0.4 is 5.32 Å². The maximum Gasteiger partial charge on any atom is 0.0235 e. The van der Waals surface area contributed by atoms with Gasteiger partial charge in [0.25, 0.3) is 0 Å². The van der Waals surface area contributed by atoms with Gasteiger partial charge in [-0.25, -0.2) is 0 Å². The van der Waals surface area contributed by atoms with Gasteiger partial charge in [-0.3, -0.25) is 0 Å². The third-order valence-corrected chi connectivity index (χ3v) is 2.83. The van der Waals surface area contributed by atoms with Gasteiger partial charge < -0.3 is 10.2 Å². The minimum Gasteiger partial charge on any atom is -0.312 e. The number of hydrogen-bond acceptors (Lipinski definition) is 2. The summed E-state index contributed by atoms with van der Waals surface area (Å²) in [4.78, 5) is 2.25. The molecule has 0 bridgehead atoms. The second kappa shape index (κ2) is 7.46. The molecule has 0 heterocycles. The maximum absolute atomic E-state index is 3.63.